The van der Waals surface area contributed by atoms with Gasteiger partial charge in [0.15, 0.2) is 0 Å². The van der Waals surface area contributed by atoms with Crippen molar-refractivity contribution in [2.75, 3.05) is 0 Å². The molecular formula is C16H29NO. The molecule has 2 nitrogen and oxygen atoms in total. The number of piperidine rings is 1. The van der Waals surface area contributed by atoms with Crippen LogP contribution in [0.3, 0.4) is 0 Å². The standard InChI is InChI=1S/C12H21NO.C4H8/c1-3-4-5-6-7-11-9-8-10(2)13-12(11)14;1-2-4-3-1/h11H,2-9H2,1H3,(H,13,14);1-4H2. The molecule has 1 saturated carbocycles. The topological polar surface area (TPSA) is 29.1 Å². The summed E-state index contributed by atoms with van der Waals surface area (Å²) in [5.74, 6) is 0.440. The first-order chi connectivity index (χ1) is 8.74. The highest BCUT2D eigenvalue weighted by Crippen LogP contribution is 2.22. The van der Waals surface area contributed by atoms with Gasteiger partial charge in [-0.25, -0.2) is 0 Å². The molecule has 0 radical (unpaired) electrons. The van der Waals surface area contributed by atoms with Gasteiger partial charge in [-0.3, -0.25) is 4.79 Å². The highest BCUT2D eigenvalue weighted by atomic mass is 16.1. The van der Waals surface area contributed by atoms with Crippen molar-refractivity contribution in [3.05, 3.63) is 12.3 Å². The van der Waals surface area contributed by atoms with E-state index in [1.54, 1.807) is 0 Å². The molecule has 2 rings (SSSR count). The van der Waals surface area contributed by atoms with Gasteiger partial charge in [-0.2, -0.15) is 0 Å². The van der Waals surface area contributed by atoms with Gasteiger partial charge in [0.1, 0.15) is 0 Å². The van der Waals surface area contributed by atoms with Gasteiger partial charge in [-0.05, 0) is 19.3 Å². The van der Waals surface area contributed by atoms with Gasteiger partial charge < -0.3 is 5.32 Å². The Morgan fingerprint density at radius 1 is 1.17 bits per heavy atom. The second-order valence-electron chi connectivity index (χ2n) is 5.59. The van der Waals surface area contributed by atoms with Crippen LogP contribution in [-0.2, 0) is 4.79 Å². The lowest BCUT2D eigenvalue weighted by molar-refractivity contribution is -0.125. The Kier molecular flexibility index (Phi) is 7.79. The summed E-state index contributed by atoms with van der Waals surface area (Å²) in [7, 11) is 0. The van der Waals surface area contributed by atoms with Crippen LogP contribution in [0, 0.1) is 5.92 Å². The minimum absolute atomic E-state index is 0.192. The molecule has 1 heterocycles. The monoisotopic (exact) mass is 251 g/mol. The molecule has 1 saturated heterocycles. The van der Waals surface area contributed by atoms with E-state index in [1.165, 1.54) is 51.4 Å². The van der Waals surface area contributed by atoms with Crippen molar-refractivity contribution >= 4 is 5.91 Å². The van der Waals surface area contributed by atoms with Crippen molar-refractivity contribution in [2.24, 2.45) is 5.92 Å². The largest absolute Gasteiger partial charge is 0.330 e. The summed E-state index contributed by atoms with van der Waals surface area (Å²) < 4.78 is 0. The highest BCUT2D eigenvalue weighted by molar-refractivity contribution is 5.81. The van der Waals surface area contributed by atoms with Crippen LogP contribution in [0.2, 0.25) is 0 Å². The Morgan fingerprint density at radius 2 is 1.83 bits per heavy atom. The van der Waals surface area contributed by atoms with Gasteiger partial charge in [0, 0.05) is 11.6 Å². The molecule has 104 valence electrons. The fraction of sp³-hybridized carbons (Fsp3) is 0.812. The molecule has 1 aliphatic heterocycles. The first kappa shape index (κ1) is 15.3. The average molecular weight is 251 g/mol. The number of rotatable bonds is 5. The lowest BCUT2D eigenvalue weighted by Gasteiger charge is -2.23. The van der Waals surface area contributed by atoms with Gasteiger partial charge in [-0.1, -0.05) is 64.9 Å². The Hall–Kier alpha value is -0.790. The fourth-order valence-corrected chi connectivity index (χ4v) is 2.16. The maximum absolute atomic E-state index is 11.5. The maximum Gasteiger partial charge on any atom is 0.227 e. The van der Waals surface area contributed by atoms with E-state index in [9.17, 15) is 4.79 Å². The smallest absolute Gasteiger partial charge is 0.227 e. The van der Waals surface area contributed by atoms with Crippen molar-refractivity contribution in [3.8, 4) is 0 Å². The third kappa shape index (κ3) is 6.23. The Bertz CT molecular complexity index is 252. The zero-order chi connectivity index (χ0) is 13.2. The van der Waals surface area contributed by atoms with Crippen LogP contribution >= 0.6 is 0 Å². The van der Waals surface area contributed by atoms with Crippen LogP contribution in [0.1, 0.15) is 77.6 Å². The van der Waals surface area contributed by atoms with Crippen LogP contribution in [0.4, 0.5) is 0 Å². The molecule has 0 aromatic rings. The maximum atomic E-state index is 11.5. The summed E-state index contributed by atoms with van der Waals surface area (Å²) in [5, 5.41) is 2.84. The molecule has 2 heteroatoms. The first-order valence-corrected chi connectivity index (χ1v) is 7.72. The number of hydrogen-bond donors (Lipinski definition) is 1. The molecule has 0 aromatic carbocycles. The summed E-state index contributed by atoms with van der Waals surface area (Å²) in [5.41, 5.74) is 0.889. The van der Waals surface area contributed by atoms with Crippen molar-refractivity contribution in [1.82, 2.24) is 5.32 Å². The lowest BCUT2D eigenvalue weighted by Crippen LogP contribution is -2.34. The molecule has 1 unspecified atom stereocenters. The number of carbonyl (C=O) groups excluding carboxylic acids is 1. The molecule has 2 fully saturated rings. The van der Waals surface area contributed by atoms with Crippen molar-refractivity contribution in [2.45, 2.75) is 77.6 Å². The fourth-order valence-electron chi connectivity index (χ4n) is 2.16. The summed E-state index contributed by atoms with van der Waals surface area (Å²) in [4.78, 5) is 11.5. The Labute approximate surface area is 112 Å². The summed E-state index contributed by atoms with van der Waals surface area (Å²) >= 11 is 0. The van der Waals surface area contributed by atoms with E-state index in [0.717, 1.165) is 25.0 Å². The van der Waals surface area contributed by atoms with Crippen LogP contribution in [0.15, 0.2) is 12.3 Å². The third-order valence-electron chi connectivity index (χ3n) is 3.87. The number of carbonyl (C=O) groups is 1. The second-order valence-corrected chi connectivity index (χ2v) is 5.59. The SMILES string of the molecule is C1CCC1.C=C1CCC(CCCCCC)C(=O)N1. The molecule has 1 aliphatic carbocycles. The van der Waals surface area contributed by atoms with E-state index in [1.807, 2.05) is 0 Å². The van der Waals surface area contributed by atoms with E-state index in [-0.39, 0.29) is 11.8 Å². The predicted octanol–water partition coefficient (Wildman–Crippen LogP) is 4.56. The Balaban J connectivity index is 0.000000341. The van der Waals surface area contributed by atoms with Crippen molar-refractivity contribution < 1.29 is 4.79 Å². The normalized spacial score (nSPS) is 22.6. The van der Waals surface area contributed by atoms with E-state index < -0.39 is 0 Å². The lowest BCUT2D eigenvalue weighted by atomic mass is 9.91. The second kappa shape index (κ2) is 9.18. The number of nitrogens with one attached hydrogen (secondary N) is 1. The Morgan fingerprint density at radius 3 is 2.33 bits per heavy atom. The zero-order valence-corrected chi connectivity index (χ0v) is 12.0. The van der Waals surface area contributed by atoms with Gasteiger partial charge in [0.05, 0.1) is 0 Å². The van der Waals surface area contributed by atoms with Crippen molar-refractivity contribution in [3.63, 3.8) is 0 Å². The van der Waals surface area contributed by atoms with Gasteiger partial charge in [0.25, 0.3) is 0 Å². The minimum atomic E-state index is 0.192. The molecule has 1 amide bonds. The third-order valence-corrected chi connectivity index (χ3v) is 3.87. The quantitative estimate of drug-likeness (QED) is 0.713. The number of unbranched alkanes of at least 4 members (excludes halogenated alkanes) is 3. The number of amides is 1. The van der Waals surface area contributed by atoms with E-state index in [0.29, 0.717) is 0 Å². The zero-order valence-electron chi connectivity index (χ0n) is 12.0. The number of allylic oxidation sites excluding steroid dienone is 1. The highest BCUT2D eigenvalue weighted by Gasteiger charge is 2.22. The van der Waals surface area contributed by atoms with E-state index in [4.69, 9.17) is 0 Å². The minimum Gasteiger partial charge on any atom is -0.330 e. The van der Waals surface area contributed by atoms with Crippen LogP contribution in [0.25, 0.3) is 0 Å². The first-order valence-electron chi connectivity index (χ1n) is 7.72. The van der Waals surface area contributed by atoms with Crippen LogP contribution in [0.5, 0.6) is 0 Å². The summed E-state index contributed by atoms with van der Waals surface area (Å²) in [6, 6.07) is 0. The molecule has 0 aromatic heterocycles. The molecule has 0 spiro atoms. The average Bonchev–Trinajstić information content (AvgIpc) is 2.24. The van der Waals surface area contributed by atoms with Crippen LogP contribution in [-0.4, -0.2) is 5.91 Å². The molecule has 18 heavy (non-hydrogen) atoms. The summed E-state index contributed by atoms with van der Waals surface area (Å²) in [6.07, 6.45) is 14.0. The van der Waals surface area contributed by atoms with E-state index >= 15 is 0 Å². The summed E-state index contributed by atoms with van der Waals surface area (Å²) in [6.45, 7) is 5.98. The molecular weight excluding hydrogens is 222 g/mol. The molecule has 1 N–H and O–H groups in total. The molecule has 2 aliphatic rings. The van der Waals surface area contributed by atoms with E-state index in [2.05, 4.69) is 18.8 Å². The van der Waals surface area contributed by atoms with Gasteiger partial charge in [-0.15, -0.1) is 0 Å². The van der Waals surface area contributed by atoms with Gasteiger partial charge in [0.2, 0.25) is 5.91 Å². The molecule has 0 bridgehead atoms. The van der Waals surface area contributed by atoms with Crippen molar-refractivity contribution in [1.29, 1.82) is 0 Å². The predicted molar refractivity (Wildman–Crippen MR) is 77.2 cm³/mol. The van der Waals surface area contributed by atoms with Gasteiger partial charge >= 0.3 is 0 Å². The molecule has 1 atom stereocenters. The van der Waals surface area contributed by atoms with Crippen LogP contribution < -0.4 is 5.32 Å². The number of hydrogen-bond acceptors (Lipinski definition) is 1.